The molecule has 4 rings (SSSR count). The Morgan fingerprint density at radius 3 is 2.92 bits per heavy atom. The quantitative estimate of drug-likeness (QED) is 0.916. The molecule has 0 spiro atoms. The molecule has 6 heteroatoms. The van der Waals surface area contributed by atoms with Crippen molar-refractivity contribution in [1.29, 1.82) is 0 Å². The van der Waals surface area contributed by atoms with Gasteiger partial charge in [-0.15, -0.1) is 11.8 Å². The number of carbonyl (C=O) groups is 2. The second-order valence-electron chi connectivity index (χ2n) is 6.17. The van der Waals surface area contributed by atoms with E-state index in [0.29, 0.717) is 24.3 Å². The van der Waals surface area contributed by atoms with Crippen LogP contribution in [0.15, 0.2) is 48.5 Å². The Morgan fingerprint density at radius 1 is 1.24 bits per heavy atom. The van der Waals surface area contributed by atoms with E-state index in [9.17, 15) is 14.0 Å². The molecule has 0 aliphatic carbocycles. The van der Waals surface area contributed by atoms with Crippen LogP contribution in [0.4, 0.5) is 4.39 Å². The summed E-state index contributed by atoms with van der Waals surface area (Å²) in [6.07, 6.45) is 0.557. The molecule has 2 aliphatic rings. The summed E-state index contributed by atoms with van der Waals surface area (Å²) in [7, 11) is 0. The van der Waals surface area contributed by atoms with Crippen molar-refractivity contribution in [3.63, 3.8) is 0 Å². The number of nitrogens with one attached hydrogen (secondary N) is 1. The summed E-state index contributed by atoms with van der Waals surface area (Å²) in [5.41, 5.74) is 2.52. The highest BCUT2D eigenvalue weighted by Gasteiger charge is 2.48. The lowest BCUT2D eigenvalue weighted by atomic mass is 10.1. The van der Waals surface area contributed by atoms with Gasteiger partial charge >= 0.3 is 0 Å². The van der Waals surface area contributed by atoms with E-state index >= 15 is 0 Å². The molecule has 2 heterocycles. The molecule has 1 N–H and O–H groups in total. The van der Waals surface area contributed by atoms with Crippen LogP contribution in [-0.2, 0) is 11.2 Å². The average Bonchev–Trinajstić information content (AvgIpc) is 3.16. The minimum Gasteiger partial charge on any atom is -0.354 e. The summed E-state index contributed by atoms with van der Waals surface area (Å²) >= 11 is 1.62. The van der Waals surface area contributed by atoms with Gasteiger partial charge in [-0.2, -0.15) is 0 Å². The first kappa shape index (κ1) is 16.1. The van der Waals surface area contributed by atoms with E-state index in [1.807, 2.05) is 30.3 Å². The SMILES string of the molecule is O=C(NCCc1cccc(F)c1)[C@@H]1CSC2c3ccccc3C(=O)N21. The van der Waals surface area contributed by atoms with E-state index in [0.717, 1.165) is 11.1 Å². The smallest absolute Gasteiger partial charge is 0.256 e. The van der Waals surface area contributed by atoms with E-state index in [4.69, 9.17) is 0 Å². The zero-order valence-electron chi connectivity index (χ0n) is 13.4. The molecule has 0 bridgehead atoms. The average molecular weight is 356 g/mol. The summed E-state index contributed by atoms with van der Waals surface area (Å²) < 4.78 is 13.2. The van der Waals surface area contributed by atoms with Crippen molar-refractivity contribution in [3.05, 3.63) is 71.0 Å². The first-order chi connectivity index (χ1) is 12.1. The topological polar surface area (TPSA) is 49.4 Å². The number of halogens is 1. The van der Waals surface area contributed by atoms with E-state index in [1.54, 1.807) is 22.7 Å². The Balaban J connectivity index is 1.40. The Labute approximate surface area is 149 Å². The van der Waals surface area contributed by atoms with Crippen LogP contribution in [0, 0.1) is 5.82 Å². The van der Waals surface area contributed by atoms with E-state index in [-0.39, 0.29) is 23.0 Å². The number of benzene rings is 2. The molecule has 2 aromatic carbocycles. The van der Waals surface area contributed by atoms with Crippen LogP contribution in [-0.4, -0.2) is 35.1 Å². The predicted octanol–water partition coefficient (Wildman–Crippen LogP) is 2.75. The lowest BCUT2D eigenvalue weighted by Crippen LogP contribution is -2.46. The standard InChI is InChI=1S/C19H17FN2O2S/c20-13-5-3-4-12(10-13)8-9-21-17(23)16-11-25-19-15-7-2-1-6-14(15)18(24)22(16)19/h1-7,10,16,19H,8-9,11H2,(H,21,23)/t16-,19?/m0/s1. The van der Waals surface area contributed by atoms with Gasteiger partial charge in [0.1, 0.15) is 17.2 Å². The van der Waals surface area contributed by atoms with Crippen molar-refractivity contribution < 1.29 is 14.0 Å². The van der Waals surface area contributed by atoms with Crippen LogP contribution in [0.25, 0.3) is 0 Å². The second kappa shape index (κ2) is 6.52. The summed E-state index contributed by atoms with van der Waals surface area (Å²) in [5, 5.41) is 2.82. The van der Waals surface area contributed by atoms with Gasteiger partial charge in [-0.3, -0.25) is 9.59 Å². The number of rotatable bonds is 4. The summed E-state index contributed by atoms with van der Waals surface area (Å²) in [5.74, 6) is 0.0963. The van der Waals surface area contributed by atoms with Crippen LogP contribution in [0.3, 0.4) is 0 Å². The highest BCUT2D eigenvalue weighted by atomic mass is 32.2. The third-order valence-corrected chi connectivity index (χ3v) is 5.90. The van der Waals surface area contributed by atoms with Gasteiger partial charge in [0.25, 0.3) is 5.91 Å². The Hall–Kier alpha value is -2.34. The molecule has 0 radical (unpaired) electrons. The molecule has 2 aliphatic heterocycles. The van der Waals surface area contributed by atoms with Gasteiger partial charge in [0.2, 0.25) is 5.91 Å². The van der Waals surface area contributed by atoms with Crippen molar-refractivity contribution in [3.8, 4) is 0 Å². The third kappa shape index (κ3) is 2.91. The summed E-state index contributed by atoms with van der Waals surface area (Å²) in [6.45, 7) is 0.420. The highest BCUT2D eigenvalue weighted by Crippen LogP contribution is 2.47. The van der Waals surface area contributed by atoms with Crippen LogP contribution < -0.4 is 5.32 Å². The number of hydrogen-bond donors (Lipinski definition) is 1. The molecule has 1 unspecified atom stereocenters. The fraction of sp³-hybridized carbons (Fsp3) is 0.263. The van der Waals surface area contributed by atoms with E-state index in [1.165, 1.54) is 12.1 Å². The molecule has 128 valence electrons. The van der Waals surface area contributed by atoms with Gasteiger partial charge in [-0.1, -0.05) is 30.3 Å². The highest BCUT2D eigenvalue weighted by molar-refractivity contribution is 7.99. The summed E-state index contributed by atoms with van der Waals surface area (Å²) in [4.78, 5) is 26.9. The number of nitrogens with zero attached hydrogens (tertiary/aromatic N) is 1. The molecule has 2 atom stereocenters. The number of carbonyl (C=O) groups excluding carboxylic acids is 2. The third-order valence-electron chi connectivity index (χ3n) is 4.60. The van der Waals surface area contributed by atoms with Crippen LogP contribution >= 0.6 is 11.8 Å². The maximum atomic E-state index is 13.2. The second-order valence-corrected chi connectivity index (χ2v) is 7.29. The minimum absolute atomic E-state index is 0.0670. The Bertz CT molecular complexity index is 842. The van der Waals surface area contributed by atoms with Crippen molar-refractivity contribution in [2.24, 2.45) is 0 Å². The number of amides is 2. The van der Waals surface area contributed by atoms with Gasteiger partial charge in [0.15, 0.2) is 0 Å². The molecular formula is C19H17FN2O2S. The molecule has 2 aromatic rings. The predicted molar refractivity (Wildman–Crippen MR) is 94.7 cm³/mol. The number of fused-ring (bicyclic) bond motifs is 3. The number of hydrogen-bond acceptors (Lipinski definition) is 3. The zero-order valence-corrected chi connectivity index (χ0v) is 14.3. The fourth-order valence-electron chi connectivity index (χ4n) is 3.38. The van der Waals surface area contributed by atoms with Crippen LogP contribution in [0.2, 0.25) is 0 Å². The molecule has 0 aromatic heterocycles. The molecule has 0 saturated carbocycles. The van der Waals surface area contributed by atoms with Gasteiger partial charge in [-0.05, 0) is 35.7 Å². The molecule has 2 amide bonds. The van der Waals surface area contributed by atoms with Gasteiger partial charge in [0, 0.05) is 17.9 Å². The lowest BCUT2D eigenvalue weighted by molar-refractivity contribution is -0.124. The van der Waals surface area contributed by atoms with E-state index < -0.39 is 6.04 Å². The van der Waals surface area contributed by atoms with Crippen LogP contribution in [0.5, 0.6) is 0 Å². The lowest BCUT2D eigenvalue weighted by Gasteiger charge is -2.22. The zero-order chi connectivity index (χ0) is 17.4. The van der Waals surface area contributed by atoms with Gasteiger partial charge < -0.3 is 10.2 Å². The molecule has 1 fully saturated rings. The minimum atomic E-state index is -0.456. The fourth-order valence-corrected chi connectivity index (χ4v) is 4.85. The molecule has 25 heavy (non-hydrogen) atoms. The van der Waals surface area contributed by atoms with Crippen molar-refractivity contribution >= 4 is 23.6 Å². The summed E-state index contributed by atoms with van der Waals surface area (Å²) in [6, 6.07) is 13.4. The Morgan fingerprint density at radius 2 is 2.08 bits per heavy atom. The van der Waals surface area contributed by atoms with Gasteiger partial charge in [-0.25, -0.2) is 4.39 Å². The van der Waals surface area contributed by atoms with E-state index in [2.05, 4.69) is 5.32 Å². The number of thioether (sulfide) groups is 1. The first-order valence-corrected chi connectivity index (χ1v) is 9.25. The van der Waals surface area contributed by atoms with Crippen LogP contribution in [0.1, 0.15) is 26.9 Å². The molecule has 1 saturated heterocycles. The van der Waals surface area contributed by atoms with Crippen molar-refractivity contribution in [1.82, 2.24) is 10.2 Å². The maximum Gasteiger partial charge on any atom is 0.256 e. The Kier molecular flexibility index (Phi) is 4.21. The monoisotopic (exact) mass is 356 g/mol. The molecule has 4 nitrogen and oxygen atoms in total. The maximum absolute atomic E-state index is 13.2. The normalized spacial score (nSPS) is 21.2. The molecular weight excluding hydrogens is 339 g/mol. The van der Waals surface area contributed by atoms with Gasteiger partial charge in [0.05, 0.1) is 0 Å². The van der Waals surface area contributed by atoms with Crippen molar-refractivity contribution in [2.75, 3.05) is 12.3 Å². The van der Waals surface area contributed by atoms with Crippen molar-refractivity contribution in [2.45, 2.75) is 17.8 Å². The first-order valence-electron chi connectivity index (χ1n) is 8.20. The largest absolute Gasteiger partial charge is 0.354 e.